The van der Waals surface area contributed by atoms with Crippen molar-refractivity contribution in [3.8, 4) is 67.5 Å². The van der Waals surface area contributed by atoms with E-state index in [4.69, 9.17) is 47.9 Å². The van der Waals surface area contributed by atoms with Gasteiger partial charge < -0.3 is 47.9 Å². The fraction of sp³-hybridized carbons (Fsp3) is 0.222. The lowest BCUT2D eigenvalue weighted by atomic mass is 9.94. The summed E-state index contributed by atoms with van der Waals surface area (Å²) in [5, 5.41) is 0. The number of ether oxygens (including phenoxy) is 8. The summed E-state index contributed by atoms with van der Waals surface area (Å²) in [7, 11) is 0. The number of ketones is 8. The van der Waals surface area contributed by atoms with Gasteiger partial charge in [-0.1, -0.05) is 146 Å². The van der Waals surface area contributed by atoms with Crippen molar-refractivity contribution in [3.63, 3.8) is 0 Å². The number of aromatic amines is 2. The number of carbonyl (C=O) groups is 8. The lowest BCUT2D eigenvalue weighted by molar-refractivity contribution is -0.111. The number of Topliss-reactive ketones (excluding diaryl/α,β-unsaturated/α-hetero) is 4. The third-order valence-electron chi connectivity index (χ3n) is 23.3. The number of hydrogen-bond acceptors (Lipinski definition) is 18. The quantitative estimate of drug-likeness (QED) is 0.0267. The van der Waals surface area contributed by atoms with Crippen LogP contribution in [0.3, 0.4) is 0 Å². The molecule has 17 rings (SSSR count). The molecule has 6 aliphatic rings. The smallest absolute Gasteiger partial charge is 0.233 e. The molecule has 0 saturated heterocycles. The van der Waals surface area contributed by atoms with Gasteiger partial charge in [0.2, 0.25) is 46.3 Å². The van der Waals surface area contributed by atoms with Crippen molar-refractivity contribution in [3.05, 3.63) is 310 Å². The first-order valence-corrected chi connectivity index (χ1v) is 44.0. The van der Waals surface area contributed by atoms with Crippen LogP contribution < -0.4 is 18.9 Å². The number of rotatable bonds is 40. The third-order valence-corrected chi connectivity index (χ3v) is 23.3. The van der Waals surface area contributed by atoms with E-state index in [2.05, 4.69) is 107 Å². The summed E-state index contributed by atoms with van der Waals surface area (Å²) in [5.74, 6) is 0.206. The molecule has 0 atom stereocenters. The Morgan fingerprint density at radius 3 is 0.594 bits per heavy atom. The monoisotopic (exact) mass is 1700 g/mol. The van der Waals surface area contributed by atoms with Crippen LogP contribution in [0.15, 0.2) is 243 Å². The van der Waals surface area contributed by atoms with Crippen molar-refractivity contribution in [1.82, 2.24) is 19.9 Å². The number of nitrogens with zero attached hydrogens (tertiary/aromatic N) is 2. The molecule has 11 aromatic rings. The van der Waals surface area contributed by atoms with E-state index in [-0.39, 0.29) is 0 Å². The van der Waals surface area contributed by atoms with E-state index < -0.39 is 46.3 Å². The highest BCUT2D eigenvalue weighted by Crippen LogP contribution is 2.42. The number of fused-ring (bicyclic) bond motifs is 12. The molecule has 0 fully saturated rings. The standard InChI is InChI=1S/C108H94N4O16/c113-93-65-97(77-25-9-13-29-81(77)105(93)117)125-61-21-5-1-17-57-121-73-41-33-69(34-42-73)101-85-49-51-87(109-85)102(70-35-43-74(44-36-70)122-58-18-2-6-22-62-126-98-66-94(114)106(118)82-30-14-10-26-78(82)98)89-53-55-91(111-89)104(72-39-47-76(48-40-72)124-60-20-4-8-24-64-128-100-68-96(116)108(120)84-32-16-12-28-80(84)100)92-56-54-90(112-92)103(88-52-50-86(101)110-88)71-37-45-75(46-38-71)123-59-19-3-7-23-63-127-99-67-95(115)107(119)83-31-15-11-27-79(83)99/h9-16,25-56,65-68,109,112H,1-8,17-24,57-64H2. The molecule has 4 aliphatic carbocycles. The van der Waals surface area contributed by atoms with Crippen LogP contribution in [0.25, 0.3) is 114 Å². The van der Waals surface area contributed by atoms with Crippen LogP contribution in [-0.4, -0.2) is 119 Å². The molecule has 0 unspecified atom stereocenters. The van der Waals surface area contributed by atoms with Gasteiger partial charge in [-0.05, 0) is 222 Å². The Bertz CT molecular complexity index is 5720. The number of aromatic nitrogens is 4. The lowest BCUT2D eigenvalue weighted by Gasteiger charge is -2.16. The van der Waals surface area contributed by atoms with Gasteiger partial charge in [-0.3, -0.25) is 38.4 Å². The Morgan fingerprint density at radius 1 is 0.203 bits per heavy atom. The summed E-state index contributed by atoms with van der Waals surface area (Å²) in [4.78, 5) is 119. The molecule has 3 aromatic heterocycles. The first-order chi connectivity index (χ1) is 62.8. The second-order valence-electron chi connectivity index (χ2n) is 32.0. The van der Waals surface area contributed by atoms with Gasteiger partial charge in [0, 0.05) is 113 Å². The minimum Gasteiger partial charge on any atom is -0.494 e. The van der Waals surface area contributed by atoms with Crippen LogP contribution in [0.5, 0.6) is 23.0 Å². The first kappa shape index (κ1) is 85.3. The van der Waals surface area contributed by atoms with E-state index in [0.717, 1.165) is 215 Å². The number of H-pyrrole nitrogens is 2. The molecular weight excluding hydrogens is 1610 g/mol. The summed E-state index contributed by atoms with van der Waals surface area (Å²) in [6.07, 6.45) is 26.9. The van der Waals surface area contributed by atoms with E-state index in [0.29, 0.717) is 120 Å². The fourth-order valence-electron chi connectivity index (χ4n) is 16.7. The van der Waals surface area contributed by atoms with Gasteiger partial charge in [0.25, 0.3) is 0 Å². The van der Waals surface area contributed by atoms with Crippen LogP contribution in [-0.2, 0) is 38.1 Å². The highest BCUT2D eigenvalue weighted by molar-refractivity contribution is 6.52. The molecule has 0 amide bonds. The molecule has 8 bridgehead atoms. The maximum absolute atomic E-state index is 12.5. The van der Waals surface area contributed by atoms with Gasteiger partial charge in [0.15, 0.2) is 0 Å². The van der Waals surface area contributed by atoms with Crippen molar-refractivity contribution in [2.75, 3.05) is 52.9 Å². The largest absolute Gasteiger partial charge is 0.494 e. The predicted octanol–water partition coefficient (Wildman–Crippen LogP) is 22.4. The first-order valence-electron chi connectivity index (χ1n) is 44.0. The minimum atomic E-state index is -0.576. The Labute approximate surface area is 740 Å². The van der Waals surface area contributed by atoms with Crippen molar-refractivity contribution in [1.29, 1.82) is 0 Å². The van der Waals surface area contributed by atoms with E-state index in [1.807, 2.05) is 72.8 Å². The molecule has 2 N–H and O–H groups in total. The molecule has 0 radical (unpaired) electrons. The van der Waals surface area contributed by atoms with Gasteiger partial charge in [0.05, 0.1) is 75.6 Å². The number of hydrogen-bond donors (Lipinski definition) is 2. The lowest BCUT2D eigenvalue weighted by Crippen LogP contribution is -2.19. The molecule has 0 saturated carbocycles. The molecular formula is C108H94N4O16. The molecule has 2 aliphatic heterocycles. The molecule has 20 heteroatoms. The average Bonchev–Trinajstić information content (AvgIpc) is 1.61. The Hall–Kier alpha value is -14.9. The molecule has 0 spiro atoms. The maximum atomic E-state index is 12.5. The SMILES string of the molecule is O=C1C=C(OCCCCCCOc2ccc(-c3c4nc(c(-c5ccc(OCCCCCCOC6=CC(=O)C(=O)c7ccccc76)cc5)c5ccc([nH]5)c(-c5ccc(OCCCCCCOC6=CC(=O)C(=O)c7ccccc76)cc5)c5nc(c(-c6ccc(OCCCCCCOC7=CC(=O)C(=O)c8ccccc87)cc6)c6ccc3[nH]6)C=C5)C=C4)cc2)c2ccccc2C1=O. The van der Waals surface area contributed by atoms with Crippen molar-refractivity contribution < 1.29 is 76.3 Å². The van der Waals surface area contributed by atoms with E-state index in [1.165, 1.54) is 24.3 Å². The predicted molar refractivity (Wildman–Crippen MR) is 495 cm³/mol. The van der Waals surface area contributed by atoms with Gasteiger partial charge in [-0.15, -0.1) is 0 Å². The second-order valence-corrected chi connectivity index (χ2v) is 32.0. The van der Waals surface area contributed by atoms with Crippen LogP contribution in [0, 0.1) is 0 Å². The summed E-state index contributed by atoms with van der Waals surface area (Å²) >= 11 is 0. The summed E-state index contributed by atoms with van der Waals surface area (Å²) in [5.41, 5.74) is 17.2. The number of allylic oxidation sites excluding steroid dienone is 4. The van der Waals surface area contributed by atoms with E-state index in [1.54, 1.807) is 72.8 Å². The zero-order valence-electron chi connectivity index (χ0n) is 70.8. The normalized spacial score (nSPS) is 13.7. The Balaban J connectivity index is 0.637. The van der Waals surface area contributed by atoms with Crippen molar-refractivity contribution >= 4 is 116 Å². The summed E-state index contributed by atoms with van der Waals surface area (Å²) < 4.78 is 49.8. The summed E-state index contributed by atoms with van der Waals surface area (Å²) in [6, 6.07) is 69.1. The van der Waals surface area contributed by atoms with Gasteiger partial charge >= 0.3 is 0 Å². The van der Waals surface area contributed by atoms with Gasteiger partial charge in [-0.25, -0.2) is 9.97 Å². The third kappa shape index (κ3) is 19.7. The molecule has 20 nitrogen and oxygen atoms in total. The fourth-order valence-corrected chi connectivity index (χ4v) is 16.7. The van der Waals surface area contributed by atoms with E-state index in [9.17, 15) is 38.4 Å². The van der Waals surface area contributed by atoms with Crippen LogP contribution in [0.2, 0.25) is 0 Å². The topological polar surface area (TPSA) is 268 Å². The number of carbonyl (C=O) groups excluding carboxylic acids is 8. The maximum Gasteiger partial charge on any atom is 0.233 e. The number of nitrogens with one attached hydrogen (secondary N) is 2. The molecule has 642 valence electrons. The average molecular weight is 1700 g/mol. The number of benzene rings is 8. The van der Waals surface area contributed by atoms with Crippen molar-refractivity contribution in [2.24, 2.45) is 0 Å². The summed E-state index contributed by atoms with van der Waals surface area (Å²) in [6.45, 7) is 3.65. The van der Waals surface area contributed by atoms with Crippen LogP contribution in [0.1, 0.15) is 189 Å². The Morgan fingerprint density at radius 2 is 0.391 bits per heavy atom. The minimum absolute atomic E-state index is 0.365. The van der Waals surface area contributed by atoms with Crippen LogP contribution >= 0.6 is 0 Å². The molecule has 128 heavy (non-hydrogen) atoms. The van der Waals surface area contributed by atoms with Gasteiger partial charge in [-0.2, -0.15) is 0 Å². The van der Waals surface area contributed by atoms with Crippen LogP contribution in [0.4, 0.5) is 0 Å². The Kier molecular flexibility index (Phi) is 26.9. The number of unbranched alkanes of at least 4 members (excludes halogenated alkanes) is 12. The highest BCUT2D eigenvalue weighted by atomic mass is 16.5. The molecule has 8 aromatic carbocycles. The van der Waals surface area contributed by atoms with E-state index >= 15 is 0 Å². The van der Waals surface area contributed by atoms with Gasteiger partial charge in [0.1, 0.15) is 46.0 Å². The molecule has 5 heterocycles. The highest BCUT2D eigenvalue weighted by Gasteiger charge is 2.31. The zero-order valence-corrected chi connectivity index (χ0v) is 70.8. The second kappa shape index (κ2) is 40.4. The van der Waals surface area contributed by atoms with Crippen molar-refractivity contribution in [2.45, 2.75) is 103 Å². The zero-order chi connectivity index (χ0) is 87.7.